The van der Waals surface area contributed by atoms with E-state index in [1.165, 1.54) is 12.1 Å². The predicted octanol–water partition coefficient (Wildman–Crippen LogP) is 2.64. The van der Waals surface area contributed by atoms with E-state index in [9.17, 15) is 9.18 Å². The highest BCUT2D eigenvalue weighted by Gasteiger charge is 2.20. The molecule has 0 radical (unpaired) electrons. The lowest BCUT2D eigenvalue weighted by Gasteiger charge is -2.12. The van der Waals surface area contributed by atoms with E-state index in [-0.39, 0.29) is 17.2 Å². The smallest absolute Gasteiger partial charge is 0.337 e. The molecule has 0 spiro atoms. The first-order valence-electron chi connectivity index (χ1n) is 4.35. The van der Waals surface area contributed by atoms with Crippen molar-refractivity contribution in [2.75, 3.05) is 6.61 Å². The summed E-state index contributed by atoms with van der Waals surface area (Å²) in [7, 11) is 0. The molecule has 1 aromatic carbocycles. The third kappa shape index (κ3) is 2.91. The Kier molecular flexibility index (Phi) is 4.05. The Labute approximate surface area is 91.4 Å². The third-order valence-corrected chi connectivity index (χ3v) is 2.11. The van der Waals surface area contributed by atoms with Gasteiger partial charge in [-0.3, -0.25) is 0 Å². The van der Waals surface area contributed by atoms with Gasteiger partial charge in [0.05, 0.1) is 5.02 Å². The Morgan fingerprint density at radius 2 is 2.33 bits per heavy atom. The van der Waals surface area contributed by atoms with Crippen molar-refractivity contribution in [1.29, 1.82) is 0 Å². The van der Waals surface area contributed by atoms with E-state index in [1.807, 2.05) is 0 Å². The topological polar surface area (TPSA) is 46.5 Å². The van der Waals surface area contributed by atoms with Crippen LogP contribution in [0.15, 0.2) is 18.2 Å². The van der Waals surface area contributed by atoms with Crippen LogP contribution in [0, 0.1) is 5.82 Å². The second-order valence-corrected chi connectivity index (χ2v) is 3.25. The number of halogens is 2. The molecule has 0 aliphatic rings. The van der Waals surface area contributed by atoms with Gasteiger partial charge >= 0.3 is 5.97 Å². The molecular weight excluding hydrogens is 223 g/mol. The number of rotatable bonds is 4. The number of carboxylic acids is 1. The fourth-order valence-electron chi connectivity index (χ4n) is 1.15. The minimum atomic E-state index is -1.15. The minimum absolute atomic E-state index is 0.0422. The fourth-order valence-corrected chi connectivity index (χ4v) is 1.27. The molecule has 0 aliphatic carbocycles. The lowest BCUT2D eigenvalue weighted by Crippen LogP contribution is -2.15. The van der Waals surface area contributed by atoms with Crippen molar-refractivity contribution >= 4 is 17.6 Å². The van der Waals surface area contributed by atoms with Gasteiger partial charge in [0.2, 0.25) is 0 Å². The SMILES string of the molecule is CCOC(C(=O)O)c1ccc(Cl)c(F)c1. The first-order chi connectivity index (χ1) is 7.06. The molecule has 0 aromatic heterocycles. The molecule has 0 bridgehead atoms. The van der Waals surface area contributed by atoms with E-state index in [0.717, 1.165) is 6.07 Å². The maximum atomic E-state index is 13.1. The summed E-state index contributed by atoms with van der Waals surface area (Å²) in [6, 6.07) is 3.80. The van der Waals surface area contributed by atoms with Crippen molar-refractivity contribution in [2.24, 2.45) is 0 Å². The summed E-state index contributed by atoms with van der Waals surface area (Å²) in [4.78, 5) is 10.8. The zero-order valence-corrected chi connectivity index (χ0v) is 8.79. The fraction of sp³-hybridized carbons (Fsp3) is 0.300. The van der Waals surface area contributed by atoms with Crippen LogP contribution in [0.2, 0.25) is 5.02 Å². The first-order valence-corrected chi connectivity index (χ1v) is 4.73. The Bertz CT molecular complexity index is 368. The molecule has 0 aliphatic heterocycles. The summed E-state index contributed by atoms with van der Waals surface area (Å²) >= 11 is 5.48. The molecule has 3 nitrogen and oxygen atoms in total. The van der Waals surface area contributed by atoms with Crippen molar-refractivity contribution in [1.82, 2.24) is 0 Å². The first kappa shape index (κ1) is 11.9. The molecular formula is C10H10ClFO3. The van der Waals surface area contributed by atoms with E-state index in [0.29, 0.717) is 0 Å². The van der Waals surface area contributed by atoms with Gasteiger partial charge in [-0.2, -0.15) is 0 Å². The molecule has 0 saturated carbocycles. The Morgan fingerprint density at radius 1 is 1.67 bits per heavy atom. The van der Waals surface area contributed by atoms with Gasteiger partial charge in [-0.15, -0.1) is 0 Å². The van der Waals surface area contributed by atoms with E-state index in [4.69, 9.17) is 21.4 Å². The summed E-state index contributed by atoms with van der Waals surface area (Å²) in [5.41, 5.74) is 0.242. The lowest BCUT2D eigenvalue weighted by atomic mass is 10.1. The van der Waals surface area contributed by atoms with Crippen LogP contribution in [0.4, 0.5) is 4.39 Å². The monoisotopic (exact) mass is 232 g/mol. The standard InChI is InChI=1S/C10H10ClFO3/c1-2-15-9(10(13)14)6-3-4-7(11)8(12)5-6/h3-5,9H,2H2,1H3,(H,13,14). The van der Waals surface area contributed by atoms with E-state index in [2.05, 4.69) is 0 Å². The number of hydrogen-bond acceptors (Lipinski definition) is 2. The molecule has 15 heavy (non-hydrogen) atoms. The van der Waals surface area contributed by atoms with E-state index in [1.54, 1.807) is 6.92 Å². The van der Waals surface area contributed by atoms with Crippen molar-refractivity contribution in [2.45, 2.75) is 13.0 Å². The minimum Gasteiger partial charge on any atom is -0.479 e. The van der Waals surface area contributed by atoms with Crippen molar-refractivity contribution in [3.8, 4) is 0 Å². The van der Waals surface area contributed by atoms with Crippen LogP contribution >= 0.6 is 11.6 Å². The molecule has 1 atom stereocenters. The highest BCUT2D eigenvalue weighted by molar-refractivity contribution is 6.30. The summed E-state index contributed by atoms with van der Waals surface area (Å²) in [6.45, 7) is 1.91. The second-order valence-electron chi connectivity index (χ2n) is 2.85. The van der Waals surface area contributed by atoms with Crippen LogP contribution in [-0.2, 0) is 9.53 Å². The molecule has 1 N–H and O–H groups in total. The van der Waals surface area contributed by atoms with Gasteiger partial charge in [0.15, 0.2) is 6.10 Å². The molecule has 0 fully saturated rings. The Morgan fingerprint density at radius 3 is 2.80 bits per heavy atom. The molecule has 1 rings (SSSR count). The van der Waals surface area contributed by atoms with Gasteiger partial charge in [-0.05, 0) is 24.6 Å². The summed E-state index contributed by atoms with van der Waals surface area (Å²) in [5, 5.41) is 8.80. The van der Waals surface area contributed by atoms with Gasteiger partial charge in [0.1, 0.15) is 5.82 Å². The number of aliphatic carboxylic acids is 1. The van der Waals surface area contributed by atoms with Crippen molar-refractivity contribution in [3.05, 3.63) is 34.6 Å². The van der Waals surface area contributed by atoms with Gasteiger partial charge in [-0.25, -0.2) is 9.18 Å². The van der Waals surface area contributed by atoms with Crippen molar-refractivity contribution < 1.29 is 19.0 Å². The molecule has 0 heterocycles. The summed E-state index contributed by atoms with van der Waals surface area (Å²) in [6.07, 6.45) is -1.15. The van der Waals surface area contributed by atoms with Crippen molar-refractivity contribution in [3.63, 3.8) is 0 Å². The highest BCUT2D eigenvalue weighted by atomic mass is 35.5. The summed E-state index contributed by atoms with van der Waals surface area (Å²) in [5.74, 6) is -1.81. The van der Waals surface area contributed by atoms with Crippen LogP contribution in [0.5, 0.6) is 0 Å². The van der Waals surface area contributed by atoms with E-state index >= 15 is 0 Å². The molecule has 0 saturated heterocycles. The van der Waals surface area contributed by atoms with Gasteiger partial charge in [0, 0.05) is 6.61 Å². The maximum Gasteiger partial charge on any atom is 0.337 e. The molecule has 5 heteroatoms. The average Bonchev–Trinajstić information content (AvgIpc) is 2.18. The average molecular weight is 233 g/mol. The van der Waals surface area contributed by atoms with Crippen LogP contribution in [0.3, 0.4) is 0 Å². The van der Waals surface area contributed by atoms with Crippen LogP contribution < -0.4 is 0 Å². The van der Waals surface area contributed by atoms with Gasteiger partial charge in [-0.1, -0.05) is 17.7 Å². The van der Waals surface area contributed by atoms with Crippen LogP contribution in [0.25, 0.3) is 0 Å². The number of hydrogen-bond donors (Lipinski definition) is 1. The number of carbonyl (C=O) groups is 1. The molecule has 82 valence electrons. The number of carboxylic acid groups (broad SMARTS) is 1. The molecule has 0 amide bonds. The van der Waals surface area contributed by atoms with E-state index < -0.39 is 17.9 Å². The highest BCUT2D eigenvalue weighted by Crippen LogP contribution is 2.22. The summed E-state index contributed by atoms with van der Waals surface area (Å²) < 4.78 is 18.0. The second kappa shape index (κ2) is 5.09. The quantitative estimate of drug-likeness (QED) is 0.868. The Hall–Kier alpha value is -1.13. The van der Waals surface area contributed by atoms with Crippen LogP contribution in [0.1, 0.15) is 18.6 Å². The van der Waals surface area contributed by atoms with Gasteiger partial charge < -0.3 is 9.84 Å². The third-order valence-electron chi connectivity index (χ3n) is 1.80. The van der Waals surface area contributed by atoms with Crippen LogP contribution in [-0.4, -0.2) is 17.7 Å². The maximum absolute atomic E-state index is 13.1. The predicted molar refractivity (Wildman–Crippen MR) is 53.4 cm³/mol. The number of ether oxygens (including phenoxy) is 1. The molecule has 1 unspecified atom stereocenters. The largest absolute Gasteiger partial charge is 0.479 e. The molecule has 1 aromatic rings. The Balaban J connectivity index is 3.01. The zero-order valence-electron chi connectivity index (χ0n) is 8.04. The zero-order chi connectivity index (χ0) is 11.4. The van der Waals surface area contributed by atoms with Gasteiger partial charge in [0.25, 0.3) is 0 Å². The number of benzene rings is 1. The lowest BCUT2D eigenvalue weighted by molar-refractivity contribution is -0.150. The normalized spacial score (nSPS) is 12.5.